The number of benzene rings is 1. The number of anilines is 1. The van der Waals surface area contributed by atoms with E-state index in [1.165, 1.54) is 0 Å². The van der Waals surface area contributed by atoms with Crippen molar-refractivity contribution in [2.24, 2.45) is 7.05 Å². The van der Waals surface area contributed by atoms with Crippen molar-refractivity contribution < 1.29 is 14.3 Å². The zero-order valence-corrected chi connectivity index (χ0v) is 17.3. The van der Waals surface area contributed by atoms with Crippen LogP contribution in [0.15, 0.2) is 42.7 Å². The number of nitrogens with zero attached hydrogens (tertiary/aromatic N) is 3. The number of methoxy groups -OCH3 is 1. The van der Waals surface area contributed by atoms with Crippen LogP contribution in [0.2, 0.25) is 0 Å². The van der Waals surface area contributed by atoms with Crippen LogP contribution in [0.5, 0.6) is 5.75 Å². The van der Waals surface area contributed by atoms with Gasteiger partial charge >= 0.3 is 0 Å². The SMILES string of the molecule is COc1ccc2c(CN(C)C(=O)C=Cc3cnc4c(c3)CCC(=O)N4)cn(C)c2c1. The first-order valence-corrected chi connectivity index (χ1v) is 9.78. The smallest absolute Gasteiger partial charge is 0.246 e. The van der Waals surface area contributed by atoms with Crippen molar-refractivity contribution in [3.05, 3.63) is 59.4 Å². The summed E-state index contributed by atoms with van der Waals surface area (Å²) in [4.78, 5) is 30.0. The highest BCUT2D eigenvalue weighted by Gasteiger charge is 2.16. The van der Waals surface area contributed by atoms with Gasteiger partial charge in [-0.3, -0.25) is 9.59 Å². The summed E-state index contributed by atoms with van der Waals surface area (Å²) in [6.45, 7) is 0.501. The van der Waals surface area contributed by atoms with Crippen molar-refractivity contribution in [2.75, 3.05) is 19.5 Å². The average molecular weight is 404 g/mol. The van der Waals surface area contributed by atoms with Crippen LogP contribution in [0, 0.1) is 0 Å². The third-order valence-corrected chi connectivity index (χ3v) is 5.35. The number of carbonyl (C=O) groups is 2. The number of aryl methyl sites for hydroxylation is 2. The van der Waals surface area contributed by atoms with Gasteiger partial charge in [-0.05, 0) is 47.4 Å². The van der Waals surface area contributed by atoms with Crippen LogP contribution in [0.3, 0.4) is 0 Å². The molecular formula is C23H24N4O3. The molecule has 7 heteroatoms. The van der Waals surface area contributed by atoms with Gasteiger partial charge in [-0.1, -0.05) is 0 Å². The maximum Gasteiger partial charge on any atom is 0.246 e. The fourth-order valence-electron chi connectivity index (χ4n) is 3.69. The lowest BCUT2D eigenvalue weighted by molar-refractivity contribution is -0.125. The van der Waals surface area contributed by atoms with E-state index in [4.69, 9.17) is 4.74 Å². The Hall–Kier alpha value is -3.61. The molecule has 0 saturated carbocycles. The maximum atomic E-state index is 12.6. The Balaban J connectivity index is 1.47. The summed E-state index contributed by atoms with van der Waals surface area (Å²) in [6.07, 6.45) is 8.14. The molecule has 0 fully saturated rings. The molecule has 0 bridgehead atoms. The Morgan fingerprint density at radius 3 is 2.97 bits per heavy atom. The number of nitrogens with one attached hydrogen (secondary N) is 1. The van der Waals surface area contributed by atoms with Crippen molar-refractivity contribution in [3.8, 4) is 5.75 Å². The number of pyridine rings is 1. The Morgan fingerprint density at radius 2 is 2.17 bits per heavy atom. The number of ether oxygens (including phenoxy) is 1. The van der Waals surface area contributed by atoms with Gasteiger partial charge < -0.3 is 19.5 Å². The third-order valence-electron chi connectivity index (χ3n) is 5.35. The summed E-state index contributed by atoms with van der Waals surface area (Å²) >= 11 is 0. The van der Waals surface area contributed by atoms with Gasteiger partial charge in [-0.2, -0.15) is 0 Å². The van der Waals surface area contributed by atoms with E-state index in [0.717, 1.165) is 33.3 Å². The minimum Gasteiger partial charge on any atom is -0.497 e. The van der Waals surface area contributed by atoms with E-state index in [0.29, 0.717) is 25.2 Å². The molecule has 0 aliphatic carbocycles. The van der Waals surface area contributed by atoms with Crippen molar-refractivity contribution in [1.82, 2.24) is 14.5 Å². The first-order valence-electron chi connectivity index (χ1n) is 9.78. The van der Waals surface area contributed by atoms with E-state index in [-0.39, 0.29) is 11.8 Å². The summed E-state index contributed by atoms with van der Waals surface area (Å²) in [5.41, 5.74) is 3.96. The molecule has 2 aromatic heterocycles. The summed E-state index contributed by atoms with van der Waals surface area (Å²) in [5.74, 6) is 1.31. The molecule has 0 spiro atoms. The molecule has 4 rings (SSSR count). The van der Waals surface area contributed by atoms with Gasteiger partial charge in [0.2, 0.25) is 11.8 Å². The van der Waals surface area contributed by atoms with E-state index in [1.807, 2.05) is 42.1 Å². The molecule has 30 heavy (non-hydrogen) atoms. The van der Waals surface area contributed by atoms with Crippen LogP contribution in [0.25, 0.3) is 17.0 Å². The molecule has 1 N–H and O–H groups in total. The first-order chi connectivity index (χ1) is 14.4. The first kappa shape index (κ1) is 19.7. The van der Waals surface area contributed by atoms with Gasteiger partial charge in [0.05, 0.1) is 12.6 Å². The summed E-state index contributed by atoms with van der Waals surface area (Å²) in [7, 11) is 5.42. The lowest BCUT2D eigenvalue weighted by Gasteiger charge is -2.16. The second kappa shape index (κ2) is 8.02. The van der Waals surface area contributed by atoms with Crippen LogP contribution in [0.1, 0.15) is 23.1 Å². The number of amides is 2. The van der Waals surface area contributed by atoms with Crippen LogP contribution in [0.4, 0.5) is 5.82 Å². The molecule has 3 heterocycles. The van der Waals surface area contributed by atoms with Crippen molar-refractivity contribution in [1.29, 1.82) is 0 Å². The van der Waals surface area contributed by atoms with Crippen molar-refractivity contribution in [3.63, 3.8) is 0 Å². The number of fused-ring (bicyclic) bond motifs is 2. The number of carbonyl (C=O) groups excluding carboxylic acids is 2. The van der Waals surface area contributed by atoms with E-state index in [1.54, 1.807) is 37.4 Å². The number of hydrogen-bond donors (Lipinski definition) is 1. The summed E-state index contributed by atoms with van der Waals surface area (Å²) < 4.78 is 7.35. The number of aromatic nitrogens is 2. The van der Waals surface area contributed by atoms with Gasteiger partial charge in [0.1, 0.15) is 11.6 Å². The fourth-order valence-corrected chi connectivity index (χ4v) is 3.69. The average Bonchev–Trinajstić information content (AvgIpc) is 3.06. The number of hydrogen-bond acceptors (Lipinski definition) is 4. The molecule has 3 aromatic rings. The molecule has 0 atom stereocenters. The van der Waals surface area contributed by atoms with E-state index in [9.17, 15) is 9.59 Å². The molecule has 7 nitrogen and oxygen atoms in total. The number of likely N-dealkylation sites (N-methyl/N-ethyl adjacent to an activating group) is 1. The van der Waals surface area contributed by atoms with Gasteiger partial charge in [0, 0.05) is 57.0 Å². The minimum absolute atomic E-state index is 0.0121. The van der Waals surface area contributed by atoms with E-state index < -0.39 is 0 Å². The van der Waals surface area contributed by atoms with Crippen molar-refractivity contribution in [2.45, 2.75) is 19.4 Å². The summed E-state index contributed by atoms with van der Waals surface area (Å²) in [5, 5.41) is 3.86. The highest BCUT2D eigenvalue weighted by molar-refractivity contribution is 5.94. The minimum atomic E-state index is -0.0912. The lowest BCUT2D eigenvalue weighted by atomic mass is 10.0. The second-order valence-electron chi connectivity index (χ2n) is 7.50. The maximum absolute atomic E-state index is 12.6. The van der Waals surface area contributed by atoms with Crippen LogP contribution < -0.4 is 10.1 Å². The molecular weight excluding hydrogens is 380 g/mol. The molecule has 154 valence electrons. The Bertz CT molecular complexity index is 1160. The zero-order chi connectivity index (χ0) is 21.3. The van der Waals surface area contributed by atoms with Crippen LogP contribution >= 0.6 is 0 Å². The third kappa shape index (κ3) is 3.91. The quantitative estimate of drug-likeness (QED) is 0.663. The predicted octanol–water partition coefficient (Wildman–Crippen LogP) is 3.14. The lowest BCUT2D eigenvalue weighted by Crippen LogP contribution is -2.24. The van der Waals surface area contributed by atoms with E-state index in [2.05, 4.69) is 10.3 Å². The highest BCUT2D eigenvalue weighted by Crippen LogP contribution is 2.26. The van der Waals surface area contributed by atoms with Crippen molar-refractivity contribution >= 4 is 34.6 Å². The summed E-state index contributed by atoms with van der Waals surface area (Å²) in [6, 6.07) is 7.91. The molecule has 0 unspecified atom stereocenters. The molecule has 1 aromatic carbocycles. The molecule has 1 aliphatic heterocycles. The monoisotopic (exact) mass is 404 g/mol. The Labute approximate surface area is 175 Å². The van der Waals surface area contributed by atoms with Crippen LogP contribution in [-0.2, 0) is 29.6 Å². The standard InChI is InChI=1S/C23H24N4O3/c1-26-13-17(19-7-6-18(30-3)11-20(19)26)14-27(2)22(29)9-4-15-10-16-5-8-21(28)25-23(16)24-12-15/h4,6-7,9-13H,5,8,14H2,1-3H3,(H,24,25,28). The normalized spacial score (nSPS) is 13.4. The fraction of sp³-hybridized carbons (Fsp3) is 0.261. The van der Waals surface area contributed by atoms with Gasteiger partial charge in [0.25, 0.3) is 0 Å². The Kier molecular flexibility index (Phi) is 5.27. The van der Waals surface area contributed by atoms with Gasteiger partial charge in [-0.25, -0.2) is 4.98 Å². The topological polar surface area (TPSA) is 76.5 Å². The van der Waals surface area contributed by atoms with Gasteiger partial charge in [0.15, 0.2) is 0 Å². The second-order valence-corrected chi connectivity index (χ2v) is 7.50. The predicted molar refractivity (Wildman–Crippen MR) is 116 cm³/mol. The molecule has 0 radical (unpaired) electrons. The number of rotatable bonds is 5. The molecule has 1 aliphatic rings. The largest absolute Gasteiger partial charge is 0.497 e. The zero-order valence-electron chi connectivity index (χ0n) is 17.3. The van der Waals surface area contributed by atoms with Gasteiger partial charge in [-0.15, -0.1) is 0 Å². The molecule has 2 amide bonds. The molecule has 0 saturated heterocycles. The Morgan fingerprint density at radius 1 is 1.33 bits per heavy atom. The highest BCUT2D eigenvalue weighted by atomic mass is 16.5. The van der Waals surface area contributed by atoms with Crippen LogP contribution in [-0.4, -0.2) is 40.4 Å². The van der Waals surface area contributed by atoms with E-state index >= 15 is 0 Å².